The second-order valence-electron chi connectivity index (χ2n) is 4.85. The minimum atomic E-state index is 0.0880. The summed E-state index contributed by atoms with van der Waals surface area (Å²) in [5, 5.41) is 0.608. The first kappa shape index (κ1) is 15.1. The summed E-state index contributed by atoms with van der Waals surface area (Å²) in [6, 6.07) is 5.74. The predicted molar refractivity (Wildman–Crippen MR) is 86.5 cm³/mol. The molecule has 1 aromatic carbocycles. The van der Waals surface area contributed by atoms with Gasteiger partial charge in [0.2, 0.25) is 0 Å². The van der Waals surface area contributed by atoms with Gasteiger partial charge in [0.25, 0.3) is 5.91 Å². The number of amides is 1. The zero-order valence-corrected chi connectivity index (χ0v) is 13.7. The molecule has 1 aliphatic heterocycles. The van der Waals surface area contributed by atoms with Crippen molar-refractivity contribution in [1.29, 1.82) is 0 Å². The van der Waals surface area contributed by atoms with Crippen molar-refractivity contribution < 1.29 is 4.79 Å². The Morgan fingerprint density at radius 3 is 3.00 bits per heavy atom. The van der Waals surface area contributed by atoms with Gasteiger partial charge >= 0.3 is 0 Å². The largest absolute Gasteiger partial charge is 0.336 e. The van der Waals surface area contributed by atoms with Gasteiger partial charge in [-0.3, -0.25) is 4.79 Å². The van der Waals surface area contributed by atoms with Gasteiger partial charge in [0.1, 0.15) is 0 Å². The monoisotopic (exact) mass is 392 g/mol. The van der Waals surface area contributed by atoms with E-state index in [1.807, 2.05) is 17.0 Å². The van der Waals surface area contributed by atoms with Gasteiger partial charge in [-0.2, -0.15) is 0 Å². The van der Waals surface area contributed by atoms with Crippen molar-refractivity contribution >= 4 is 40.1 Å². The normalized spacial score (nSPS) is 19.5. The molecule has 19 heavy (non-hydrogen) atoms. The van der Waals surface area contributed by atoms with E-state index in [-0.39, 0.29) is 11.9 Å². The number of piperidine rings is 1. The van der Waals surface area contributed by atoms with Crippen LogP contribution in [0.4, 0.5) is 0 Å². The molecule has 1 aromatic rings. The Bertz CT molecular complexity index is 465. The summed E-state index contributed by atoms with van der Waals surface area (Å²) in [5.41, 5.74) is 6.36. The topological polar surface area (TPSA) is 46.3 Å². The molecule has 1 atom stereocenters. The number of carbonyl (C=O) groups is 1. The first-order valence-corrected chi connectivity index (χ1v) is 8.05. The maximum atomic E-state index is 12.7. The Morgan fingerprint density at radius 2 is 2.26 bits per heavy atom. The highest BCUT2D eigenvalue weighted by Gasteiger charge is 2.27. The molecule has 1 unspecified atom stereocenters. The van der Waals surface area contributed by atoms with Gasteiger partial charge in [-0.15, -0.1) is 0 Å². The highest BCUT2D eigenvalue weighted by molar-refractivity contribution is 14.1. The van der Waals surface area contributed by atoms with Gasteiger partial charge in [-0.05, 0) is 73.0 Å². The van der Waals surface area contributed by atoms with E-state index in [0.717, 1.165) is 29.4 Å². The third kappa shape index (κ3) is 3.61. The fourth-order valence-electron chi connectivity index (χ4n) is 2.58. The van der Waals surface area contributed by atoms with Crippen molar-refractivity contribution in [3.63, 3.8) is 0 Å². The minimum absolute atomic E-state index is 0.0880. The number of likely N-dealkylation sites (tertiary alicyclic amines) is 1. The van der Waals surface area contributed by atoms with Crippen LogP contribution in [0.15, 0.2) is 18.2 Å². The molecule has 0 saturated carbocycles. The van der Waals surface area contributed by atoms with Gasteiger partial charge in [-0.25, -0.2) is 0 Å². The lowest BCUT2D eigenvalue weighted by Crippen LogP contribution is -2.44. The lowest BCUT2D eigenvalue weighted by Gasteiger charge is -2.36. The van der Waals surface area contributed by atoms with E-state index in [4.69, 9.17) is 17.3 Å². The molecule has 5 heteroatoms. The van der Waals surface area contributed by atoms with Crippen LogP contribution in [0.5, 0.6) is 0 Å². The van der Waals surface area contributed by atoms with Crippen LogP contribution in [0, 0.1) is 3.57 Å². The number of rotatable bonds is 3. The van der Waals surface area contributed by atoms with Crippen LogP contribution < -0.4 is 5.73 Å². The predicted octanol–water partition coefficient (Wildman–Crippen LogP) is 3.29. The SMILES string of the molecule is NCCC1CCCCN1C(=O)c1cc(Cl)ccc1I. The van der Waals surface area contributed by atoms with Crippen LogP contribution >= 0.6 is 34.2 Å². The molecule has 2 rings (SSSR count). The van der Waals surface area contributed by atoms with Crippen LogP contribution in [-0.2, 0) is 0 Å². The fourth-order valence-corrected chi connectivity index (χ4v) is 3.31. The molecule has 1 amide bonds. The average molecular weight is 393 g/mol. The number of halogens is 2. The van der Waals surface area contributed by atoms with Gasteiger partial charge in [0, 0.05) is 21.2 Å². The van der Waals surface area contributed by atoms with Crippen molar-refractivity contribution in [2.45, 2.75) is 31.7 Å². The molecule has 1 saturated heterocycles. The molecule has 1 fully saturated rings. The van der Waals surface area contributed by atoms with E-state index >= 15 is 0 Å². The van der Waals surface area contributed by atoms with Crippen molar-refractivity contribution in [1.82, 2.24) is 4.90 Å². The Hall–Kier alpha value is -0.330. The first-order valence-electron chi connectivity index (χ1n) is 6.59. The lowest BCUT2D eigenvalue weighted by molar-refractivity contribution is 0.0604. The second kappa shape index (κ2) is 6.90. The van der Waals surface area contributed by atoms with E-state index in [2.05, 4.69) is 22.6 Å². The van der Waals surface area contributed by atoms with Crippen LogP contribution in [0.3, 0.4) is 0 Å². The molecule has 0 aromatic heterocycles. The summed E-state index contributed by atoms with van der Waals surface area (Å²) in [7, 11) is 0. The van der Waals surface area contributed by atoms with E-state index < -0.39 is 0 Å². The van der Waals surface area contributed by atoms with Crippen molar-refractivity contribution in [2.24, 2.45) is 5.73 Å². The third-order valence-corrected chi connectivity index (χ3v) is 4.72. The zero-order valence-electron chi connectivity index (χ0n) is 10.7. The Labute approximate surface area is 132 Å². The number of hydrogen-bond donors (Lipinski definition) is 1. The number of hydrogen-bond acceptors (Lipinski definition) is 2. The lowest BCUT2D eigenvalue weighted by atomic mass is 9.98. The average Bonchev–Trinajstić information content (AvgIpc) is 2.42. The van der Waals surface area contributed by atoms with Crippen molar-refractivity contribution in [2.75, 3.05) is 13.1 Å². The van der Waals surface area contributed by atoms with Gasteiger partial charge < -0.3 is 10.6 Å². The standard InChI is InChI=1S/C14H18ClIN2O/c15-10-4-5-13(16)12(9-10)14(19)18-8-2-1-3-11(18)6-7-17/h4-5,9,11H,1-3,6-8,17H2. The summed E-state index contributed by atoms with van der Waals surface area (Å²) in [5.74, 6) is 0.0880. The number of nitrogens with two attached hydrogens (primary N) is 1. The maximum absolute atomic E-state index is 12.7. The molecular weight excluding hydrogens is 375 g/mol. The van der Waals surface area contributed by atoms with Gasteiger partial charge in [0.15, 0.2) is 0 Å². The summed E-state index contributed by atoms with van der Waals surface area (Å²) < 4.78 is 0.948. The Morgan fingerprint density at radius 1 is 1.47 bits per heavy atom. The number of nitrogens with zero attached hydrogens (tertiary/aromatic N) is 1. The second-order valence-corrected chi connectivity index (χ2v) is 6.45. The summed E-state index contributed by atoms with van der Waals surface area (Å²) in [6.07, 6.45) is 4.19. The molecule has 104 valence electrons. The first-order chi connectivity index (χ1) is 9.13. The number of benzene rings is 1. The van der Waals surface area contributed by atoms with Crippen molar-refractivity contribution in [3.05, 3.63) is 32.4 Å². The fraction of sp³-hybridized carbons (Fsp3) is 0.500. The Balaban J connectivity index is 2.23. The molecule has 3 nitrogen and oxygen atoms in total. The molecule has 0 radical (unpaired) electrons. The third-order valence-electron chi connectivity index (χ3n) is 3.55. The summed E-state index contributed by atoms with van der Waals surface area (Å²) in [4.78, 5) is 14.7. The van der Waals surface area contributed by atoms with E-state index in [9.17, 15) is 4.79 Å². The minimum Gasteiger partial charge on any atom is -0.336 e. The molecular formula is C14H18ClIN2O. The van der Waals surface area contributed by atoms with Gasteiger partial charge in [-0.1, -0.05) is 11.6 Å². The molecule has 2 N–H and O–H groups in total. The molecule has 1 aliphatic rings. The van der Waals surface area contributed by atoms with E-state index in [1.165, 1.54) is 6.42 Å². The quantitative estimate of drug-likeness (QED) is 0.802. The molecule has 0 bridgehead atoms. The van der Waals surface area contributed by atoms with Gasteiger partial charge in [0.05, 0.1) is 5.56 Å². The van der Waals surface area contributed by atoms with Crippen molar-refractivity contribution in [3.8, 4) is 0 Å². The molecule has 0 spiro atoms. The van der Waals surface area contributed by atoms with Crippen LogP contribution in [0.2, 0.25) is 5.02 Å². The summed E-state index contributed by atoms with van der Waals surface area (Å²) >= 11 is 8.19. The smallest absolute Gasteiger partial charge is 0.255 e. The van der Waals surface area contributed by atoms with E-state index in [0.29, 0.717) is 17.1 Å². The van der Waals surface area contributed by atoms with E-state index in [1.54, 1.807) is 6.07 Å². The van der Waals surface area contributed by atoms with Crippen LogP contribution in [-0.4, -0.2) is 29.9 Å². The number of carbonyl (C=O) groups excluding carboxylic acids is 1. The Kier molecular flexibility index (Phi) is 5.47. The van der Waals surface area contributed by atoms with Crippen LogP contribution in [0.1, 0.15) is 36.0 Å². The molecule has 1 heterocycles. The highest BCUT2D eigenvalue weighted by Crippen LogP contribution is 2.25. The molecule has 0 aliphatic carbocycles. The summed E-state index contributed by atoms with van der Waals surface area (Å²) in [6.45, 7) is 1.45. The zero-order chi connectivity index (χ0) is 13.8. The highest BCUT2D eigenvalue weighted by atomic mass is 127. The van der Waals surface area contributed by atoms with Crippen LogP contribution in [0.25, 0.3) is 0 Å². The maximum Gasteiger partial charge on any atom is 0.255 e.